The number of hydrogen-bond donors (Lipinski definition) is 2. The van der Waals surface area contributed by atoms with Crippen LogP contribution in [0.2, 0.25) is 0 Å². The fourth-order valence-electron chi connectivity index (χ4n) is 3.26. The Hall–Kier alpha value is -2.36. The van der Waals surface area contributed by atoms with Gasteiger partial charge in [0.05, 0.1) is 5.56 Å². The van der Waals surface area contributed by atoms with Crippen molar-refractivity contribution in [2.24, 2.45) is 5.92 Å². The Balaban J connectivity index is 1.59. The summed E-state index contributed by atoms with van der Waals surface area (Å²) < 4.78 is 0. The number of rotatable bonds is 6. The molecule has 24 heavy (non-hydrogen) atoms. The molecule has 1 heterocycles. The van der Waals surface area contributed by atoms with Gasteiger partial charge in [0.25, 0.3) is 5.91 Å². The molecule has 1 aliphatic carbocycles. The Labute approximate surface area is 143 Å². The third kappa shape index (κ3) is 4.57. The molecule has 0 aliphatic heterocycles. The van der Waals surface area contributed by atoms with Gasteiger partial charge in [-0.05, 0) is 48.6 Å². The average Bonchev–Trinajstić information content (AvgIpc) is 2.66. The molecule has 4 heteroatoms. The Bertz CT molecular complexity index is 651. The quantitative estimate of drug-likeness (QED) is 0.844. The van der Waals surface area contributed by atoms with E-state index in [1.54, 1.807) is 12.4 Å². The van der Waals surface area contributed by atoms with Crippen molar-refractivity contribution in [3.8, 4) is 0 Å². The summed E-state index contributed by atoms with van der Waals surface area (Å²) in [5.74, 6) is 0.651. The summed E-state index contributed by atoms with van der Waals surface area (Å²) in [6.45, 7) is 1.47. The van der Waals surface area contributed by atoms with Crippen LogP contribution in [0.3, 0.4) is 0 Å². The number of anilines is 1. The number of amides is 1. The van der Waals surface area contributed by atoms with Gasteiger partial charge in [0, 0.05) is 31.2 Å². The van der Waals surface area contributed by atoms with Crippen LogP contribution in [0.25, 0.3) is 0 Å². The minimum atomic E-state index is 0.0124. The first kappa shape index (κ1) is 16.5. The predicted molar refractivity (Wildman–Crippen MR) is 96.9 cm³/mol. The summed E-state index contributed by atoms with van der Waals surface area (Å²) in [5.41, 5.74) is 2.72. The van der Waals surface area contributed by atoms with Crippen LogP contribution in [0.5, 0.6) is 0 Å². The summed E-state index contributed by atoms with van der Waals surface area (Å²) in [5, 5.41) is 6.48. The molecule has 0 unspecified atom stereocenters. The lowest BCUT2D eigenvalue weighted by Crippen LogP contribution is -2.30. The Morgan fingerprint density at radius 3 is 2.58 bits per heavy atom. The summed E-state index contributed by atoms with van der Waals surface area (Å²) in [4.78, 5) is 16.6. The zero-order valence-electron chi connectivity index (χ0n) is 14.0. The summed E-state index contributed by atoms with van der Waals surface area (Å²) in [7, 11) is 0. The molecule has 1 aromatic carbocycles. The lowest BCUT2D eigenvalue weighted by Gasteiger charge is -2.22. The standard InChI is InChI=1S/C20H25N3O/c24-20(23-15-16-6-2-1-3-7-16)18-8-4-5-9-19(18)22-14-17-10-12-21-13-11-17/h4-5,8-13,16,22H,1-3,6-7,14-15H2,(H,23,24). The van der Waals surface area contributed by atoms with Crippen LogP contribution in [0, 0.1) is 5.92 Å². The SMILES string of the molecule is O=C(NCC1CCCCC1)c1ccccc1NCc1ccncc1. The second-order valence-electron chi connectivity index (χ2n) is 6.47. The zero-order chi connectivity index (χ0) is 16.6. The largest absolute Gasteiger partial charge is 0.380 e. The van der Waals surface area contributed by atoms with E-state index in [0.717, 1.165) is 17.8 Å². The molecule has 2 aromatic rings. The number of pyridine rings is 1. The monoisotopic (exact) mass is 323 g/mol. The van der Waals surface area contributed by atoms with Crippen molar-refractivity contribution < 1.29 is 4.79 Å². The Kier molecular flexibility index (Phi) is 5.83. The number of carbonyl (C=O) groups is 1. The van der Waals surface area contributed by atoms with Crippen molar-refractivity contribution in [1.82, 2.24) is 10.3 Å². The molecule has 4 nitrogen and oxygen atoms in total. The van der Waals surface area contributed by atoms with Crippen molar-refractivity contribution in [3.05, 3.63) is 59.9 Å². The van der Waals surface area contributed by atoms with Crippen LogP contribution in [0.1, 0.15) is 48.0 Å². The molecular formula is C20H25N3O. The number of nitrogens with one attached hydrogen (secondary N) is 2. The van der Waals surface area contributed by atoms with Gasteiger partial charge in [0.1, 0.15) is 0 Å². The van der Waals surface area contributed by atoms with Gasteiger partial charge in [0.2, 0.25) is 0 Å². The number of hydrogen-bond acceptors (Lipinski definition) is 3. The van der Waals surface area contributed by atoms with Crippen molar-refractivity contribution in [1.29, 1.82) is 0 Å². The van der Waals surface area contributed by atoms with Crippen LogP contribution in [0.15, 0.2) is 48.8 Å². The highest BCUT2D eigenvalue weighted by Crippen LogP contribution is 2.23. The van der Waals surface area contributed by atoms with E-state index in [-0.39, 0.29) is 5.91 Å². The number of carbonyl (C=O) groups excluding carboxylic acids is 1. The van der Waals surface area contributed by atoms with E-state index in [0.29, 0.717) is 18.0 Å². The second kappa shape index (κ2) is 8.48. The molecular weight excluding hydrogens is 298 g/mol. The highest BCUT2D eigenvalue weighted by atomic mass is 16.1. The van der Waals surface area contributed by atoms with Crippen LogP contribution >= 0.6 is 0 Å². The summed E-state index contributed by atoms with van der Waals surface area (Å²) >= 11 is 0. The normalized spacial score (nSPS) is 15.0. The Morgan fingerprint density at radius 2 is 1.79 bits per heavy atom. The first-order valence-electron chi connectivity index (χ1n) is 8.83. The molecule has 1 amide bonds. The minimum Gasteiger partial charge on any atom is -0.380 e. The van der Waals surface area contributed by atoms with Gasteiger partial charge >= 0.3 is 0 Å². The second-order valence-corrected chi connectivity index (χ2v) is 6.47. The fraction of sp³-hybridized carbons (Fsp3) is 0.400. The molecule has 3 rings (SSSR count). The minimum absolute atomic E-state index is 0.0124. The van der Waals surface area contributed by atoms with E-state index in [4.69, 9.17) is 0 Å². The molecule has 0 spiro atoms. The van der Waals surface area contributed by atoms with E-state index in [1.807, 2.05) is 36.4 Å². The van der Waals surface area contributed by atoms with Crippen LogP contribution in [0.4, 0.5) is 5.69 Å². The molecule has 0 atom stereocenters. The number of para-hydroxylation sites is 1. The molecule has 126 valence electrons. The lowest BCUT2D eigenvalue weighted by molar-refractivity contribution is 0.0944. The number of aromatic nitrogens is 1. The van der Waals surface area contributed by atoms with Gasteiger partial charge in [-0.3, -0.25) is 9.78 Å². The molecule has 1 aliphatic rings. The highest BCUT2D eigenvalue weighted by Gasteiger charge is 2.16. The molecule has 2 N–H and O–H groups in total. The molecule has 1 saturated carbocycles. The highest BCUT2D eigenvalue weighted by molar-refractivity contribution is 5.99. The van der Waals surface area contributed by atoms with Crippen molar-refractivity contribution in [2.45, 2.75) is 38.6 Å². The van der Waals surface area contributed by atoms with Gasteiger partial charge in [-0.1, -0.05) is 31.4 Å². The molecule has 0 bridgehead atoms. The number of nitrogens with zero attached hydrogens (tertiary/aromatic N) is 1. The van der Waals surface area contributed by atoms with Crippen LogP contribution < -0.4 is 10.6 Å². The predicted octanol–water partition coefficient (Wildman–Crippen LogP) is 4.00. The van der Waals surface area contributed by atoms with E-state index >= 15 is 0 Å². The van der Waals surface area contributed by atoms with Gasteiger partial charge in [-0.15, -0.1) is 0 Å². The van der Waals surface area contributed by atoms with Crippen LogP contribution in [-0.4, -0.2) is 17.4 Å². The van der Waals surface area contributed by atoms with Gasteiger partial charge in [-0.2, -0.15) is 0 Å². The van der Waals surface area contributed by atoms with Gasteiger partial charge in [0.15, 0.2) is 0 Å². The molecule has 0 radical (unpaired) electrons. The van der Waals surface area contributed by atoms with Crippen molar-refractivity contribution in [2.75, 3.05) is 11.9 Å². The first-order valence-corrected chi connectivity index (χ1v) is 8.83. The maximum atomic E-state index is 12.6. The van der Waals surface area contributed by atoms with Crippen molar-refractivity contribution in [3.63, 3.8) is 0 Å². The van der Waals surface area contributed by atoms with E-state index in [1.165, 1.54) is 32.1 Å². The lowest BCUT2D eigenvalue weighted by atomic mass is 9.89. The third-order valence-corrected chi connectivity index (χ3v) is 4.68. The van der Waals surface area contributed by atoms with E-state index in [2.05, 4.69) is 15.6 Å². The third-order valence-electron chi connectivity index (χ3n) is 4.68. The van der Waals surface area contributed by atoms with Gasteiger partial charge in [-0.25, -0.2) is 0 Å². The van der Waals surface area contributed by atoms with E-state index in [9.17, 15) is 4.79 Å². The maximum absolute atomic E-state index is 12.6. The molecule has 1 aromatic heterocycles. The summed E-state index contributed by atoms with van der Waals surface area (Å²) in [6.07, 6.45) is 9.96. The number of benzene rings is 1. The summed E-state index contributed by atoms with van der Waals surface area (Å²) in [6, 6.07) is 11.6. The van der Waals surface area contributed by atoms with Gasteiger partial charge < -0.3 is 10.6 Å². The first-order chi connectivity index (χ1) is 11.8. The van der Waals surface area contributed by atoms with Crippen LogP contribution in [-0.2, 0) is 6.54 Å². The molecule has 1 fully saturated rings. The van der Waals surface area contributed by atoms with E-state index < -0.39 is 0 Å². The maximum Gasteiger partial charge on any atom is 0.253 e. The fourth-order valence-corrected chi connectivity index (χ4v) is 3.26. The van der Waals surface area contributed by atoms with Crippen molar-refractivity contribution >= 4 is 11.6 Å². The Morgan fingerprint density at radius 1 is 1.04 bits per heavy atom. The topological polar surface area (TPSA) is 54.0 Å². The zero-order valence-corrected chi connectivity index (χ0v) is 14.0. The average molecular weight is 323 g/mol. The molecule has 0 saturated heterocycles. The smallest absolute Gasteiger partial charge is 0.253 e.